The van der Waals surface area contributed by atoms with Crippen molar-refractivity contribution in [1.82, 2.24) is 15.5 Å². The number of amides is 1. The zero-order chi connectivity index (χ0) is 13.1. The van der Waals surface area contributed by atoms with Crippen LogP contribution in [0.4, 0.5) is 4.79 Å². The monoisotopic (exact) mass is 243 g/mol. The molecular weight excluding hydrogens is 226 g/mol. The highest BCUT2D eigenvalue weighted by Gasteiger charge is 2.23. The Balaban J connectivity index is 2.62. The molecule has 0 aliphatic heterocycles. The fourth-order valence-electron chi connectivity index (χ4n) is 1.09. The van der Waals surface area contributed by atoms with Crippen LogP contribution < -0.4 is 5.32 Å². The summed E-state index contributed by atoms with van der Waals surface area (Å²) in [6.45, 7) is 6.54. The van der Waals surface area contributed by atoms with Crippen LogP contribution in [0.3, 0.4) is 0 Å². The quantitative estimate of drug-likeness (QED) is 0.819. The first kappa shape index (κ1) is 13.4. The van der Waals surface area contributed by atoms with Gasteiger partial charge in [0.25, 0.3) is 5.89 Å². The number of nitrogens with zero attached hydrogens (tertiary/aromatic N) is 2. The maximum Gasteiger partial charge on any atom is 0.408 e. The smallest absolute Gasteiger partial charge is 0.408 e. The van der Waals surface area contributed by atoms with Gasteiger partial charge in [-0.1, -0.05) is 5.16 Å². The number of aromatic nitrogens is 2. The number of hydrogen-bond donors (Lipinski definition) is 2. The molecule has 1 atom stereocenters. The Bertz CT molecular complexity index is 383. The van der Waals surface area contributed by atoms with Crippen LogP contribution in [0, 0.1) is 6.92 Å². The molecule has 2 N–H and O–H groups in total. The van der Waals surface area contributed by atoms with E-state index in [0.717, 1.165) is 0 Å². The number of carbonyl (C=O) groups excluding carboxylic acids is 1. The Morgan fingerprint density at radius 3 is 2.65 bits per heavy atom. The van der Waals surface area contributed by atoms with Gasteiger partial charge in [0.1, 0.15) is 11.6 Å². The largest absolute Gasteiger partial charge is 0.444 e. The van der Waals surface area contributed by atoms with Gasteiger partial charge in [0.05, 0.1) is 6.61 Å². The van der Waals surface area contributed by atoms with Gasteiger partial charge in [-0.25, -0.2) is 4.79 Å². The number of aliphatic hydroxyl groups excluding tert-OH is 1. The lowest BCUT2D eigenvalue weighted by Crippen LogP contribution is -2.36. The van der Waals surface area contributed by atoms with E-state index in [2.05, 4.69) is 15.5 Å². The molecule has 0 unspecified atom stereocenters. The van der Waals surface area contributed by atoms with Crippen molar-refractivity contribution < 1.29 is 19.2 Å². The lowest BCUT2D eigenvalue weighted by atomic mass is 10.2. The normalized spacial score (nSPS) is 13.2. The lowest BCUT2D eigenvalue weighted by molar-refractivity contribution is 0.0467. The van der Waals surface area contributed by atoms with Gasteiger partial charge in [0.2, 0.25) is 0 Å². The number of ether oxygens (including phenoxy) is 1. The van der Waals surface area contributed by atoms with Gasteiger partial charge in [-0.3, -0.25) is 0 Å². The summed E-state index contributed by atoms with van der Waals surface area (Å²) < 4.78 is 9.90. The predicted molar refractivity (Wildman–Crippen MR) is 58.2 cm³/mol. The van der Waals surface area contributed by atoms with Gasteiger partial charge >= 0.3 is 6.09 Å². The van der Waals surface area contributed by atoms with Crippen molar-refractivity contribution >= 4 is 6.09 Å². The van der Waals surface area contributed by atoms with Crippen LogP contribution in [0.25, 0.3) is 0 Å². The molecule has 1 aromatic heterocycles. The van der Waals surface area contributed by atoms with Crippen molar-refractivity contribution in [2.75, 3.05) is 6.61 Å². The molecule has 0 aliphatic carbocycles. The van der Waals surface area contributed by atoms with Crippen LogP contribution in [0.5, 0.6) is 0 Å². The first-order valence-corrected chi connectivity index (χ1v) is 5.22. The third-order valence-corrected chi connectivity index (χ3v) is 1.71. The molecule has 0 saturated carbocycles. The van der Waals surface area contributed by atoms with Crippen molar-refractivity contribution in [2.24, 2.45) is 0 Å². The van der Waals surface area contributed by atoms with E-state index in [1.165, 1.54) is 0 Å². The molecule has 0 aliphatic rings. The van der Waals surface area contributed by atoms with E-state index in [9.17, 15) is 4.79 Å². The fraction of sp³-hybridized carbons (Fsp3) is 0.700. The van der Waals surface area contributed by atoms with Gasteiger partial charge in [-0.15, -0.1) is 0 Å². The summed E-state index contributed by atoms with van der Waals surface area (Å²) >= 11 is 0. The summed E-state index contributed by atoms with van der Waals surface area (Å²) in [5.74, 6) is 0.584. The number of aryl methyl sites for hydroxylation is 1. The Hall–Kier alpha value is -1.63. The summed E-state index contributed by atoms with van der Waals surface area (Å²) in [5, 5.41) is 15.2. The molecule has 0 radical (unpaired) electrons. The van der Waals surface area contributed by atoms with E-state index >= 15 is 0 Å². The molecule has 7 nitrogen and oxygen atoms in total. The van der Waals surface area contributed by atoms with Crippen molar-refractivity contribution in [1.29, 1.82) is 0 Å². The van der Waals surface area contributed by atoms with E-state index in [4.69, 9.17) is 14.4 Å². The highest BCUT2D eigenvalue weighted by molar-refractivity contribution is 5.68. The Morgan fingerprint density at radius 2 is 2.24 bits per heavy atom. The van der Waals surface area contributed by atoms with Gasteiger partial charge in [0, 0.05) is 0 Å². The average molecular weight is 243 g/mol. The van der Waals surface area contributed by atoms with Crippen LogP contribution in [0.2, 0.25) is 0 Å². The molecule has 1 aromatic rings. The zero-order valence-corrected chi connectivity index (χ0v) is 10.4. The van der Waals surface area contributed by atoms with Crippen molar-refractivity contribution in [3.05, 3.63) is 11.7 Å². The highest BCUT2D eigenvalue weighted by atomic mass is 16.6. The lowest BCUT2D eigenvalue weighted by Gasteiger charge is -2.21. The van der Waals surface area contributed by atoms with Crippen LogP contribution in [-0.4, -0.2) is 33.5 Å². The molecular formula is C10H17N3O4. The maximum absolute atomic E-state index is 11.5. The standard InChI is InChI=1S/C10H17N3O4/c1-6-11-8(17-13-6)7(5-14)12-9(15)16-10(2,3)4/h7,14H,5H2,1-4H3,(H,12,15)/t7-/m1/s1. The molecule has 0 saturated heterocycles. The van der Waals surface area contributed by atoms with Crippen molar-refractivity contribution in [2.45, 2.75) is 39.3 Å². The molecule has 1 amide bonds. The maximum atomic E-state index is 11.5. The van der Waals surface area contributed by atoms with Crippen molar-refractivity contribution in [3.63, 3.8) is 0 Å². The minimum absolute atomic E-state index is 0.149. The Kier molecular flexibility index (Phi) is 4.06. The second-order valence-electron chi connectivity index (χ2n) is 4.56. The van der Waals surface area contributed by atoms with Crippen LogP contribution in [0.1, 0.15) is 38.5 Å². The molecule has 17 heavy (non-hydrogen) atoms. The third-order valence-electron chi connectivity index (χ3n) is 1.71. The van der Waals surface area contributed by atoms with Crippen LogP contribution in [-0.2, 0) is 4.74 Å². The van der Waals surface area contributed by atoms with Crippen molar-refractivity contribution in [3.8, 4) is 0 Å². The van der Waals surface area contributed by atoms with Gasteiger partial charge in [-0.05, 0) is 27.7 Å². The summed E-state index contributed by atoms with van der Waals surface area (Å²) in [5.41, 5.74) is -0.602. The average Bonchev–Trinajstić information content (AvgIpc) is 2.58. The van der Waals surface area contributed by atoms with Crippen LogP contribution in [0.15, 0.2) is 4.52 Å². The van der Waals surface area contributed by atoms with E-state index < -0.39 is 17.7 Å². The predicted octanol–water partition coefficient (Wildman–Crippen LogP) is 0.936. The minimum Gasteiger partial charge on any atom is -0.444 e. The number of carbonyl (C=O) groups is 1. The number of hydrogen-bond acceptors (Lipinski definition) is 6. The first-order chi connectivity index (χ1) is 7.81. The second-order valence-corrected chi connectivity index (χ2v) is 4.56. The molecule has 0 fully saturated rings. The van der Waals surface area contributed by atoms with E-state index in [1.807, 2.05) is 0 Å². The molecule has 1 rings (SSSR count). The number of aliphatic hydroxyl groups is 1. The number of nitrogens with one attached hydrogen (secondary N) is 1. The number of alkyl carbamates (subject to hydrolysis) is 1. The SMILES string of the molecule is Cc1noc([C@@H](CO)NC(=O)OC(C)(C)C)n1. The number of rotatable bonds is 3. The van der Waals surface area contributed by atoms with Crippen LogP contribution >= 0.6 is 0 Å². The molecule has 0 spiro atoms. The first-order valence-electron chi connectivity index (χ1n) is 5.22. The van der Waals surface area contributed by atoms with E-state index in [1.54, 1.807) is 27.7 Å². The third kappa shape index (κ3) is 4.39. The summed E-state index contributed by atoms with van der Waals surface area (Å²) in [7, 11) is 0. The highest BCUT2D eigenvalue weighted by Crippen LogP contribution is 2.12. The fourth-order valence-corrected chi connectivity index (χ4v) is 1.09. The Morgan fingerprint density at radius 1 is 1.59 bits per heavy atom. The summed E-state index contributed by atoms with van der Waals surface area (Å²) in [6.07, 6.45) is -0.646. The molecule has 0 aromatic carbocycles. The van der Waals surface area contributed by atoms with Gasteiger partial charge < -0.3 is 19.7 Å². The minimum atomic E-state index is -0.758. The van der Waals surface area contributed by atoms with E-state index in [-0.39, 0.29) is 12.5 Å². The van der Waals surface area contributed by atoms with Gasteiger partial charge in [0.15, 0.2) is 5.82 Å². The second kappa shape index (κ2) is 5.13. The summed E-state index contributed by atoms with van der Waals surface area (Å²) in [4.78, 5) is 15.4. The topological polar surface area (TPSA) is 97.5 Å². The Labute approximate surface area is 99.2 Å². The molecule has 0 bridgehead atoms. The molecule has 7 heteroatoms. The molecule has 96 valence electrons. The molecule has 1 heterocycles. The van der Waals surface area contributed by atoms with Gasteiger partial charge in [-0.2, -0.15) is 4.98 Å². The van der Waals surface area contributed by atoms with E-state index in [0.29, 0.717) is 5.82 Å². The zero-order valence-electron chi connectivity index (χ0n) is 10.4. The summed E-state index contributed by atoms with van der Waals surface area (Å²) in [6, 6.07) is -0.758.